The molecule has 8 heteroatoms. The summed E-state index contributed by atoms with van der Waals surface area (Å²) >= 11 is 0. The molecule has 0 atom stereocenters. The third-order valence-corrected chi connectivity index (χ3v) is 11.4. The van der Waals surface area contributed by atoms with Crippen LogP contribution in [0, 0.1) is 0 Å². The minimum absolute atomic E-state index is 0.0254. The van der Waals surface area contributed by atoms with Crippen molar-refractivity contribution in [3.63, 3.8) is 0 Å². The van der Waals surface area contributed by atoms with E-state index in [1.54, 1.807) is 84.9 Å². The Kier molecular flexibility index (Phi) is 9.23. The highest BCUT2D eigenvalue weighted by Gasteiger charge is 2.39. The molecule has 2 aliphatic carbocycles. The molecule has 62 heavy (non-hydrogen) atoms. The van der Waals surface area contributed by atoms with Gasteiger partial charge in [-0.05, 0) is 69.8 Å². The maximum absolute atomic E-state index is 14.7. The molecule has 0 fully saturated rings. The molecule has 8 nitrogen and oxygen atoms in total. The van der Waals surface area contributed by atoms with Gasteiger partial charge in [-0.1, -0.05) is 146 Å². The molecule has 0 bridgehead atoms. The van der Waals surface area contributed by atoms with Crippen molar-refractivity contribution >= 4 is 46.3 Å². The molecule has 0 saturated heterocycles. The second kappa shape index (κ2) is 15.2. The average molecular weight is 805 g/mol. The molecule has 0 unspecified atom stereocenters. The van der Waals surface area contributed by atoms with E-state index in [1.165, 1.54) is 12.1 Å². The average Bonchev–Trinajstić information content (AvgIpc) is 3.33. The summed E-state index contributed by atoms with van der Waals surface area (Å²) in [5, 5.41) is 5.75. The van der Waals surface area contributed by atoms with Crippen molar-refractivity contribution in [3.05, 3.63) is 238 Å². The highest BCUT2D eigenvalue weighted by Crippen LogP contribution is 2.44. The Bertz CT molecular complexity index is 2990. The Morgan fingerprint density at radius 1 is 0.274 bits per heavy atom. The molecule has 0 spiro atoms. The van der Waals surface area contributed by atoms with E-state index >= 15 is 0 Å². The van der Waals surface area contributed by atoms with Crippen molar-refractivity contribution in [1.29, 1.82) is 0 Å². The topological polar surface area (TPSA) is 126 Å². The van der Waals surface area contributed by atoms with Gasteiger partial charge in [0.1, 0.15) is 0 Å². The molecule has 0 aromatic heterocycles. The zero-order valence-corrected chi connectivity index (χ0v) is 32.8. The van der Waals surface area contributed by atoms with Gasteiger partial charge in [0.15, 0.2) is 23.1 Å². The number of benzene rings is 8. The third kappa shape index (κ3) is 6.34. The van der Waals surface area contributed by atoms with Gasteiger partial charge in [0.2, 0.25) is 0 Å². The lowest BCUT2D eigenvalue weighted by molar-refractivity contribution is 0.0977. The Labute approximate surface area is 355 Å². The van der Waals surface area contributed by atoms with Crippen LogP contribution in [-0.4, -0.2) is 34.9 Å². The van der Waals surface area contributed by atoms with Crippen LogP contribution in [0.1, 0.15) is 84.4 Å². The minimum atomic E-state index is -0.497. The normalized spacial score (nSPS) is 12.5. The smallest absolute Gasteiger partial charge is 0.255 e. The Balaban J connectivity index is 1.08. The van der Waals surface area contributed by atoms with Crippen molar-refractivity contribution in [1.82, 2.24) is 0 Å². The summed E-state index contributed by atoms with van der Waals surface area (Å²) in [5.41, 5.74) is 5.65. The fourth-order valence-corrected chi connectivity index (χ4v) is 8.38. The second-order valence-corrected chi connectivity index (χ2v) is 15.0. The van der Waals surface area contributed by atoms with Crippen LogP contribution in [0.2, 0.25) is 0 Å². The van der Waals surface area contributed by atoms with Crippen LogP contribution in [-0.2, 0) is 0 Å². The number of ketones is 4. The first-order valence-corrected chi connectivity index (χ1v) is 19.9. The van der Waals surface area contributed by atoms with Gasteiger partial charge in [-0.2, -0.15) is 0 Å². The molecule has 10 rings (SSSR count). The standard InChI is InChI=1S/C54H32N2O6/c57-49-39-15-7-9-17-41(39)51(59)47-43(55-53(61)35-23-19-33(20-24-35)31-11-3-1-4-12-31)29-27-37(45(47)49)38-28-30-44(48-46(38)50(58)40-16-8-10-18-42(40)52(48)60)56-54(62)36-25-21-34(22-26-36)32-13-5-2-6-14-32/h1-30H,(H,55,61)(H,56,62). The quantitative estimate of drug-likeness (QED) is 0.165. The van der Waals surface area contributed by atoms with E-state index in [9.17, 15) is 28.8 Å². The first-order chi connectivity index (χ1) is 30.3. The number of fused-ring (bicyclic) bond motifs is 4. The van der Waals surface area contributed by atoms with Gasteiger partial charge < -0.3 is 10.6 Å². The molecule has 8 aromatic rings. The van der Waals surface area contributed by atoms with Crippen LogP contribution in [0.3, 0.4) is 0 Å². The van der Waals surface area contributed by atoms with Crippen molar-refractivity contribution in [2.75, 3.05) is 10.6 Å². The van der Waals surface area contributed by atoms with E-state index in [1.807, 2.05) is 84.9 Å². The van der Waals surface area contributed by atoms with Crippen molar-refractivity contribution in [2.45, 2.75) is 0 Å². The molecular weight excluding hydrogens is 773 g/mol. The fraction of sp³-hybridized carbons (Fsp3) is 0. The SMILES string of the molecule is O=C(Nc1ccc(-c2ccc(NC(=O)c3ccc(-c4ccccc4)cc3)c3c2C(=O)c2ccccc2C3=O)c2c1C(=O)c1ccccc1C2=O)c1ccc(-c2ccccc2)cc1. The Morgan fingerprint density at radius 3 is 0.903 bits per heavy atom. The molecule has 0 heterocycles. The molecule has 2 amide bonds. The summed E-state index contributed by atoms with van der Waals surface area (Å²) in [7, 11) is 0. The lowest BCUT2D eigenvalue weighted by Gasteiger charge is -2.26. The maximum atomic E-state index is 14.7. The fourth-order valence-electron chi connectivity index (χ4n) is 8.38. The van der Waals surface area contributed by atoms with Crippen LogP contribution < -0.4 is 10.6 Å². The van der Waals surface area contributed by atoms with Gasteiger partial charge in [0.25, 0.3) is 11.8 Å². The minimum Gasteiger partial charge on any atom is -0.321 e. The highest BCUT2D eigenvalue weighted by molar-refractivity contribution is 6.35. The Morgan fingerprint density at radius 2 is 0.565 bits per heavy atom. The van der Waals surface area contributed by atoms with Crippen LogP contribution >= 0.6 is 0 Å². The van der Waals surface area contributed by atoms with Crippen LogP contribution in [0.25, 0.3) is 33.4 Å². The van der Waals surface area contributed by atoms with E-state index in [0.717, 1.165) is 22.3 Å². The molecular formula is C54H32N2O6. The zero-order valence-electron chi connectivity index (χ0n) is 32.8. The third-order valence-electron chi connectivity index (χ3n) is 11.4. The predicted molar refractivity (Wildman–Crippen MR) is 238 cm³/mol. The highest BCUT2D eigenvalue weighted by atomic mass is 16.2. The number of amides is 2. The van der Waals surface area contributed by atoms with Crippen molar-refractivity contribution in [2.24, 2.45) is 0 Å². The van der Waals surface area contributed by atoms with Crippen molar-refractivity contribution < 1.29 is 28.8 Å². The van der Waals surface area contributed by atoms with E-state index in [4.69, 9.17) is 0 Å². The number of anilines is 2. The number of carbonyl (C=O) groups is 6. The summed E-state index contributed by atoms with van der Waals surface area (Å²) in [5.74, 6) is -2.96. The predicted octanol–water partition coefficient (Wildman–Crippen LogP) is 10.7. The van der Waals surface area contributed by atoms with E-state index in [-0.39, 0.29) is 67.0 Å². The van der Waals surface area contributed by atoms with Gasteiger partial charge >= 0.3 is 0 Å². The van der Waals surface area contributed by atoms with Crippen LogP contribution in [0.5, 0.6) is 0 Å². The largest absolute Gasteiger partial charge is 0.321 e. The van der Waals surface area contributed by atoms with E-state index in [2.05, 4.69) is 10.6 Å². The van der Waals surface area contributed by atoms with E-state index < -0.39 is 34.9 Å². The van der Waals surface area contributed by atoms with Gasteiger partial charge in [0, 0.05) is 44.5 Å². The van der Waals surface area contributed by atoms with Crippen LogP contribution in [0.15, 0.2) is 182 Å². The second-order valence-electron chi connectivity index (χ2n) is 15.0. The summed E-state index contributed by atoms with van der Waals surface area (Å²) in [6.45, 7) is 0. The zero-order chi connectivity index (χ0) is 42.5. The number of rotatable bonds is 7. The molecule has 2 aliphatic rings. The lowest BCUT2D eigenvalue weighted by Crippen LogP contribution is -2.27. The maximum Gasteiger partial charge on any atom is 0.255 e. The summed E-state index contributed by atoms with van der Waals surface area (Å²) in [6.07, 6.45) is 0. The molecule has 0 radical (unpaired) electrons. The van der Waals surface area contributed by atoms with Crippen LogP contribution in [0.4, 0.5) is 11.4 Å². The summed E-state index contributed by atoms with van der Waals surface area (Å²) in [4.78, 5) is 85.9. The number of hydrogen-bond donors (Lipinski definition) is 2. The van der Waals surface area contributed by atoms with Gasteiger partial charge in [-0.25, -0.2) is 0 Å². The number of nitrogens with one attached hydrogen (secondary N) is 2. The van der Waals surface area contributed by atoms with Gasteiger partial charge in [0.05, 0.1) is 22.5 Å². The van der Waals surface area contributed by atoms with Gasteiger partial charge in [-0.3, -0.25) is 28.8 Å². The molecule has 8 aromatic carbocycles. The lowest BCUT2D eigenvalue weighted by atomic mass is 9.75. The molecule has 294 valence electrons. The Hall–Kier alpha value is -8.62. The molecule has 2 N–H and O–H groups in total. The van der Waals surface area contributed by atoms with E-state index in [0.29, 0.717) is 11.1 Å². The molecule has 0 aliphatic heterocycles. The monoisotopic (exact) mass is 804 g/mol. The van der Waals surface area contributed by atoms with Gasteiger partial charge in [-0.15, -0.1) is 0 Å². The summed E-state index contributed by atoms with van der Waals surface area (Å²) < 4.78 is 0. The van der Waals surface area contributed by atoms with Crippen molar-refractivity contribution in [3.8, 4) is 33.4 Å². The first-order valence-electron chi connectivity index (χ1n) is 19.9. The summed E-state index contributed by atoms with van der Waals surface area (Å²) in [6, 6.07) is 52.7. The molecule has 0 saturated carbocycles. The number of carbonyl (C=O) groups excluding carboxylic acids is 6. The first kappa shape index (κ1) is 37.6. The number of hydrogen-bond acceptors (Lipinski definition) is 6.